The van der Waals surface area contributed by atoms with E-state index in [1.807, 2.05) is 30.3 Å². The van der Waals surface area contributed by atoms with Crippen LogP contribution in [-0.2, 0) is 30.4 Å². The predicted octanol–water partition coefficient (Wildman–Crippen LogP) is 3.41. The summed E-state index contributed by atoms with van der Waals surface area (Å²) in [5.74, 6) is -0.0200. The van der Waals surface area contributed by atoms with Crippen LogP contribution in [0.3, 0.4) is 0 Å². The molecule has 3 aliphatic rings. The van der Waals surface area contributed by atoms with Crippen LogP contribution in [0, 0.1) is 0 Å². The van der Waals surface area contributed by atoms with Gasteiger partial charge in [0, 0.05) is 48.7 Å². The first kappa shape index (κ1) is 26.9. The average molecular weight is 555 g/mol. The maximum atomic E-state index is 13.2. The SMILES string of the molecule is CC(=O)CCc1nc(-c2ccccc2)c(N2C(=O)NC3C(CCCCC(=O)ON4C(=O)CCC4=O)SCC32)o1. The van der Waals surface area contributed by atoms with Crippen LogP contribution in [0.25, 0.3) is 11.3 Å². The number of hydrogen-bond donors (Lipinski definition) is 1. The van der Waals surface area contributed by atoms with Gasteiger partial charge in [-0.15, -0.1) is 5.06 Å². The second-order valence-electron chi connectivity index (χ2n) is 9.90. The fourth-order valence-electron chi connectivity index (χ4n) is 5.08. The van der Waals surface area contributed by atoms with Gasteiger partial charge in [0.25, 0.3) is 11.8 Å². The maximum Gasteiger partial charge on any atom is 0.333 e. The first-order valence-electron chi connectivity index (χ1n) is 13.1. The molecule has 3 atom stereocenters. The van der Waals surface area contributed by atoms with Gasteiger partial charge in [0.1, 0.15) is 11.5 Å². The summed E-state index contributed by atoms with van der Waals surface area (Å²) < 4.78 is 6.10. The number of urea groups is 1. The van der Waals surface area contributed by atoms with Crippen molar-refractivity contribution in [3.05, 3.63) is 36.2 Å². The van der Waals surface area contributed by atoms with Crippen molar-refractivity contribution in [1.82, 2.24) is 15.4 Å². The third-order valence-electron chi connectivity index (χ3n) is 7.07. The molecule has 4 heterocycles. The number of rotatable bonds is 11. The van der Waals surface area contributed by atoms with Crippen LogP contribution < -0.4 is 10.2 Å². The van der Waals surface area contributed by atoms with Crippen molar-refractivity contribution in [3.63, 3.8) is 0 Å². The quantitative estimate of drug-likeness (QED) is 0.251. The molecule has 3 fully saturated rings. The molecule has 12 heteroatoms. The lowest BCUT2D eigenvalue weighted by atomic mass is 10.0. The second-order valence-corrected chi connectivity index (χ2v) is 11.2. The Bertz CT molecular complexity index is 1260. The standard InChI is InChI=1S/C27H30N4O7S/c1-16(32)11-12-20-28-24(17-7-3-2-4-8-17)26(37-20)30-18-15-39-19(25(18)29-27(30)36)9-5-6-10-23(35)38-31-21(33)13-14-22(31)34/h2-4,7-8,18-19,25H,5-6,9-15H2,1H3,(H,29,36). The Balaban J connectivity index is 1.21. The number of benzene rings is 1. The molecule has 4 amide bonds. The van der Waals surface area contributed by atoms with E-state index in [1.165, 1.54) is 6.92 Å². The molecule has 2 aromatic rings. The number of amides is 4. The summed E-state index contributed by atoms with van der Waals surface area (Å²) in [6.07, 6.45) is 2.94. The van der Waals surface area contributed by atoms with Crippen molar-refractivity contribution in [1.29, 1.82) is 0 Å². The van der Waals surface area contributed by atoms with Gasteiger partial charge in [-0.2, -0.15) is 11.8 Å². The molecule has 1 aromatic carbocycles. The molecule has 0 saturated carbocycles. The number of aryl methyl sites for hydroxylation is 1. The van der Waals surface area contributed by atoms with Gasteiger partial charge in [0.05, 0.1) is 12.1 Å². The number of nitrogens with zero attached hydrogens (tertiary/aromatic N) is 3. The van der Waals surface area contributed by atoms with Crippen molar-refractivity contribution < 1.29 is 33.2 Å². The Morgan fingerprint density at radius 1 is 1.10 bits per heavy atom. The van der Waals surface area contributed by atoms with Gasteiger partial charge in [-0.25, -0.2) is 14.6 Å². The van der Waals surface area contributed by atoms with Crippen LogP contribution in [0.4, 0.5) is 10.7 Å². The van der Waals surface area contributed by atoms with Crippen LogP contribution >= 0.6 is 11.8 Å². The summed E-state index contributed by atoms with van der Waals surface area (Å²) in [5, 5.41) is 3.84. The summed E-state index contributed by atoms with van der Waals surface area (Å²) in [7, 11) is 0. The number of nitrogens with one attached hydrogen (secondary N) is 1. The summed E-state index contributed by atoms with van der Waals surface area (Å²) >= 11 is 1.77. The van der Waals surface area contributed by atoms with Crippen molar-refractivity contribution in [2.75, 3.05) is 10.7 Å². The molecule has 206 valence electrons. The number of hydroxylamine groups is 2. The second kappa shape index (κ2) is 11.6. The molecular formula is C27H30N4O7S. The maximum absolute atomic E-state index is 13.2. The highest BCUT2D eigenvalue weighted by Crippen LogP contribution is 2.42. The number of ketones is 1. The van der Waals surface area contributed by atoms with Crippen molar-refractivity contribution in [2.45, 2.75) is 75.6 Å². The van der Waals surface area contributed by atoms with Crippen molar-refractivity contribution in [3.8, 4) is 11.3 Å². The molecule has 0 radical (unpaired) electrons. The molecule has 39 heavy (non-hydrogen) atoms. The average Bonchev–Trinajstić information content (AvgIpc) is 3.66. The van der Waals surface area contributed by atoms with Crippen LogP contribution in [0.2, 0.25) is 0 Å². The number of carbonyl (C=O) groups excluding carboxylic acids is 5. The Labute approximate surface area is 229 Å². The molecule has 11 nitrogen and oxygen atoms in total. The van der Waals surface area contributed by atoms with E-state index in [-0.39, 0.29) is 48.4 Å². The molecule has 1 aromatic heterocycles. The van der Waals surface area contributed by atoms with Gasteiger partial charge in [-0.05, 0) is 19.8 Å². The lowest BCUT2D eigenvalue weighted by molar-refractivity contribution is -0.197. The third-order valence-corrected chi connectivity index (χ3v) is 8.56. The normalized spacial score (nSPS) is 22.4. The zero-order chi connectivity index (χ0) is 27.5. The fourth-order valence-corrected chi connectivity index (χ4v) is 6.67. The lowest BCUT2D eigenvalue weighted by Crippen LogP contribution is -2.38. The monoisotopic (exact) mass is 554 g/mol. The first-order chi connectivity index (χ1) is 18.8. The number of unbranched alkanes of at least 4 members (excludes halogenated alkanes) is 1. The van der Waals surface area contributed by atoms with Gasteiger partial charge in [0.15, 0.2) is 5.89 Å². The fraction of sp³-hybridized carbons (Fsp3) is 0.481. The summed E-state index contributed by atoms with van der Waals surface area (Å²) in [6.45, 7) is 1.52. The zero-order valence-electron chi connectivity index (χ0n) is 21.6. The topological polar surface area (TPSA) is 139 Å². The molecule has 3 aliphatic heterocycles. The number of imide groups is 1. The van der Waals surface area contributed by atoms with Gasteiger partial charge in [-0.3, -0.25) is 14.5 Å². The van der Waals surface area contributed by atoms with E-state index >= 15 is 0 Å². The number of thioether (sulfide) groups is 1. The Hall–Kier alpha value is -3.67. The Morgan fingerprint density at radius 2 is 1.85 bits per heavy atom. The number of anilines is 1. The predicted molar refractivity (Wildman–Crippen MR) is 141 cm³/mol. The van der Waals surface area contributed by atoms with Crippen molar-refractivity contribution in [2.24, 2.45) is 0 Å². The molecule has 3 saturated heterocycles. The molecule has 0 aliphatic carbocycles. The number of oxazole rings is 1. The first-order valence-corrected chi connectivity index (χ1v) is 14.2. The number of hydrogen-bond acceptors (Lipinski definition) is 9. The van der Waals surface area contributed by atoms with E-state index in [0.717, 1.165) is 18.4 Å². The minimum atomic E-state index is -0.602. The van der Waals surface area contributed by atoms with Crippen LogP contribution in [0.15, 0.2) is 34.7 Å². The van der Waals surface area contributed by atoms with Crippen LogP contribution in [0.5, 0.6) is 0 Å². The van der Waals surface area contributed by atoms with Crippen LogP contribution in [0.1, 0.15) is 57.8 Å². The van der Waals surface area contributed by atoms with Gasteiger partial charge >= 0.3 is 12.0 Å². The highest BCUT2D eigenvalue weighted by molar-refractivity contribution is 8.00. The minimum Gasteiger partial charge on any atom is -0.424 e. The third kappa shape index (κ3) is 5.85. The number of carbonyl (C=O) groups is 5. The number of fused-ring (bicyclic) bond motifs is 1. The highest BCUT2D eigenvalue weighted by Gasteiger charge is 2.50. The largest absolute Gasteiger partial charge is 0.424 e. The van der Waals surface area contributed by atoms with E-state index in [1.54, 1.807) is 16.7 Å². The summed E-state index contributed by atoms with van der Waals surface area (Å²) in [4.78, 5) is 71.2. The zero-order valence-corrected chi connectivity index (χ0v) is 22.4. The summed E-state index contributed by atoms with van der Waals surface area (Å²) in [5.41, 5.74) is 1.40. The highest BCUT2D eigenvalue weighted by atomic mass is 32.2. The van der Waals surface area contributed by atoms with Crippen LogP contribution in [-0.4, -0.2) is 62.7 Å². The molecule has 0 bridgehead atoms. The molecular weight excluding hydrogens is 524 g/mol. The lowest BCUT2D eigenvalue weighted by Gasteiger charge is -2.20. The molecule has 0 spiro atoms. The van der Waals surface area contributed by atoms with E-state index in [9.17, 15) is 24.0 Å². The molecule has 3 unspecified atom stereocenters. The van der Waals surface area contributed by atoms with E-state index in [2.05, 4.69) is 10.3 Å². The van der Waals surface area contributed by atoms with Gasteiger partial charge in [-0.1, -0.05) is 36.8 Å². The number of aromatic nitrogens is 1. The smallest absolute Gasteiger partial charge is 0.333 e. The Morgan fingerprint density at radius 3 is 2.56 bits per heavy atom. The molecule has 1 N–H and O–H groups in total. The Kier molecular flexibility index (Phi) is 8.01. The molecule has 5 rings (SSSR count). The van der Waals surface area contributed by atoms with E-state index in [4.69, 9.17) is 9.25 Å². The van der Waals surface area contributed by atoms with E-state index in [0.29, 0.717) is 47.5 Å². The minimum absolute atomic E-state index is 0.0383. The number of Topliss-reactive ketones (excluding diaryl/α,β-unsaturated/α-hetero) is 1. The van der Waals surface area contributed by atoms with Gasteiger partial charge < -0.3 is 19.4 Å². The van der Waals surface area contributed by atoms with Gasteiger partial charge in [0.2, 0.25) is 5.88 Å². The van der Waals surface area contributed by atoms with E-state index < -0.39 is 17.8 Å². The summed E-state index contributed by atoms with van der Waals surface area (Å²) in [6, 6.07) is 9.06. The van der Waals surface area contributed by atoms with Crippen molar-refractivity contribution >= 4 is 47.2 Å².